The van der Waals surface area contributed by atoms with Crippen molar-refractivity contribution in [3.8, 4) is 0 Å². The number of fused-ring (bicyclic) bond motifs is 1. The lowest BCUT2D eigenvalue weighted by Crippen LogP contribution is -2.26. The topological polar surface area (TPSA) is 38.9 Å². The van der Waals surface area contributed by atoms with Crippen molar-refractivity contribution >= 4 is 11.3 Å². The van der Waals surface area contributed by atoms with Crippen molar-refractivity contribution < 1.29 is 0 Å². The SMILES string of the molecule is CCC(N)c1nc2c(s1)CC(C(C)(C)C)CC2. The van der Waals surface area contributed by atoms with Gasteiger partial charge in [0.25, 0.3) is 0 Å². The van der Waals surface area contributed by atoms with Crippen molar-refractivity contribution in [2.75, 3.05) is 0 Å². The fourth-order valence-corrected chi connectivity index (χ4v) is 3.74. The van der Waals surface area contributed by atoms with Gasteiger partial charge in [-0.15, -0.1) is 11.3 Å². The fourth-order valence-electron chi connectivity index (χ4n) is 2.47. The number of nitrogens with two attached hydrogens (primary N) is 1. The van der Waals surface area contributed by atoms with Gasteiger partial charge in [-0.05, 0) is 37.0 Å². The van der Waals surface area contributed by atoms with E-state index in [1.807, 2.05) is 11.3 Å². The second kappa shape index (κ2) is 4.69. The van der Waals surface area contributed by atoms with Gasteiger partial charge in [0.1, 0.15) is 5.01 Å². The van der Waals surface area contributed by atoms with Crippen LogP contribution in [0.25, 0.3) is 0 Å². The van der Waals surface area contributed by atoms with E-state index in [0.29, 0.717) is 5.41 Å². The van der Waals surface area contributed by atoms with E-state index in [4.69, 9.17) is 10.7 Å². The summed E-state index contributed by atoms with van der Waals surface area (Å²) in [6.45, 7) is 9.18. The molecular weight excluding hydrogens is 228 g/mol. The van der Waals surface area contributed by atoms with Crippen molar-refractivity contribution in [2.24, 2.45) is 17.1 Å². The third kappa shape index (κ3) is 2.71. The predicted octanol–water partition coefficient (Wildman–Crippen LogP) is 3.70. The molecule has 1 aliphatic carbocycles. The van der Waals surface area contributed by atoms with Crippen LogP contribution in [0.4, 0.5) is 0 Å². The Kier molecular flexibility index (Phi) is 3.60. The molecule has 17 heavy (non-hydrogen) atoms. The summed E-state index contributed by atoms with van der Waals surface area (Å²) in [7, 11) is 0. The van der Waals surface area contributed by atoms with Gasteiger partial charge in [0.2, 0.25) is 0 Å². The summed E-state index contributed by atoms with van der Waals surface area (Å²) >= 11 is 1.85. The number of thiazole rings is 1. The second-order valence-electron chi connectivity index (χ2n) is 6.24. The number of aromatic nitrogens is 1. The normalized spacial score (nSPS) is 22.3. The van der Waals surface area contributed by atoms with Crippen LogP contribution in [0.3, 0.4) is 0 Å². The van der Waals surface area contributed by atoms with Gasteiger partial charge >= 0.3 is 0 Å². The van der Waals surface area contributed by atoms with E-state index in [2.05, 4.69) is 27.7 Å². The van der Waals surface area contributed by atoms with Crippen LogP contribution in [0.2, 0.25) is 0 Å². The van der Waals surface area contributed by atoms with E-state index in [0.717, 1.165) is 23.8 Å². The summed E-state index contributed by atoms with van der Waals surface area (Å²) in [5, 5.41) is 1.15. The van der Waals surface area contributed by atoms with Crippen LogP contribution < -0.4 is 5.73 Å². The van der Waals surface area contributed by atoms with Crippen molar-refractivity contribution in [3.63, 3.8) is 0 Å². The molecule has 0 spiro atoms. The molecule has 0 saturated carbocycles. The molecule has 0 bridgehead atoms. The molecule has 1 aromatic rings. The van der Waals surface area contributed by atoms with Gasteiger partial charge in [-0.2, -0.15) is 0 Å². The van der Waals surface area contributed by atoms with Crippen LogP contribution in [0.15, 0.2) is 0 Å². The van der Waals surface area contributed by atoms with Gasteiger partial charge in [0.15, 0.2) is 0 Å². The van der Waals surface area contributed by atoms with E-state index < -0.39 is 0 Å². The van der Waals surface area contributed by atoms with Crippen LogP contribution in [-0.4, -0.2) is 4.98 Å². The number of nitrogens with zero attached hydrogens (tertiary/aromatic N) is 1. The molecule has 2 unspecified atom stereocenters. The van der Waals surface area contributed by atoms with Crippen molar-refractivity contribution in [3.05, 3.63) is 15.6 Å². The number of aryl methyl sites for hydroxylation is 1. The number of hydrogen-bond acceptors (Lipinski definition) is 3. The molecule has 2 nitrogen and oxygen atoms in total. The maximum absolute atomic E-state index is 6.07. The molecule has 1 heterocycles. The van der Waals surface area contributed by atoms with Crippen LogP contribution >= 0.6 is 11.3 Å². The highest BCUT2D eigenvalue weighted by Gasteiger charge is 2.30. The largest absolute Gasteiger partial charge is 0.322 e. The quantitative estimate of drug-likeness (QED) is 0.871. The van der Waals surface area contributed by atoms with Gasteiger partial charge in [-0.25, -0.2) is 4.98 Å². The first kappa shape index (κ1) is 13.0. The monoisotopic (exact) mass is 252 g/mol. The highest BCUT2D eigenvalue weighted by molar-refractivity contribution is 7.11. The lowest BCUT2D eigenvalue weighted by Gasteiger charge is -2.33. The van der Waals surface area contributed by atoms with Gasteiger partial charge < -0.3 is 5.73 Å². The molecule has 1 aliphatic rings. The summed E-state index contributed by atoms with van der Waals surface area (Å²) < 4.78 is 0. The second-order valence-corrected chi connectivity index (χ2v) is 7.36. The first-order valence-corrected chi connectivity index (χ1v) is 7.47. The predicted molar refractivity (Wildman–Crippen MR) is 74.3 cm³/mol. The Morgan fingerprint density at radius 1 is 1.47 bits per heavy atom. The third-order valence-electron chi connectivity index (χ3n) is 3.94. The average molecular weight is 252 g/mol. The average Bonchev–Trinajstić information content (AvgIpc) is 2.69. The molecule has 0 saturated heterocycles. The van der Waals surface area contributed by atoms with Crippen LogP contribution in [0.1, 0.15) is 62.2 Å². The molecule has 0 aromatic carbocycles. The smallest absolute Gasteiger partial charge is 0.110 e. The highest BCUT2D eigenvalue weighted by atomic mass is 32.1. The van der Waals surface area contributed by atoms with E-state index in [1.165, 1.54) is 23.4 Å². The molecule has 0 fully saturated rings. The first-order valence-electron chi connectivity index (χ1n) is 6.66. The molecular formula is C14H24N2S. The minimum Gasteiger partial charge on any atom is -0.322 e. The lowest BCUT2D eigenvalue weighted by atomic mass is 9.73. The van der Waals surface area contributed by atoms with Crippen LogP contribution in [0.5, 0.6) is 0 Å². The minimum absolute atomic E-state index is 0.138. The Labute approximate surface area is 109 Å². The van der Waals surface area contributed by atoms with E-state index in [-0.39, 0.29) is 6.04 Å². The fraction of sp³-hybridized carbons (Fsp3) is 0.786. The van der Waals surface area contributed by atoms with Gasteiger partial charge in [0, 0.05) is 4.88 Å². The van der Waals surface area contributed by atoms with E-state index >= 15 is 0 Å². The summed E-state index contributed by atoms with van der Waals surface area (Å²) in [5.41, 5.74) is 7.81. The standard InChI is InChI=1S/C14H24N2S/c1-5-10(15)13-16-11-7-6-9(14(2,3)4)8-12(11)17-13/h9-10H,5-8,15H2,1-4H3. The van der Waals surface area contributed by atoms with E-state index in [1.54, 1.807) is 0 Å². The zero-order chi connectivity index (χ0) is 12.6. The maximum atomic E-state index is 6.07. The third-order valence-corrected chi connectivity index (χ3v) is 5.19. The lowest BCUT2D eigenvalue weighted by molar-refractivity contribution is 0.217. The molecule has 3 heteroatoms. The Morgan fingerprint density at radius 2 is 2.18 bits per heavy atom. The molecule has 1 aromatic heterocycles. The minimum atomic E-state index is 0.138. The summed E-state index contributed by atoms with van der Waals surface area (Å²) in [6.07, 6.45) is 4.60. The van der Waals surface area contributed by atoms with Crippen molar-refractivity contribution in [1.82, 2.24) is 4.98 Å². The summed E-state index contributed by atoms with van der Waals surface area (Å²) in [4.78, 5) is 6.23. The maximum Gasteiger partial charge on any atom is 0.110 e. The molecule has 2 rings (SSSR count). The molecule has 0 radical (unpaired) electrons. The number of hydrogen-bond donors (Lipinski definition) is 1. The number of rotatable bonds is 2. The van der Waals surface area contributed by atoms with Crippen molar-refractivity contribution in [1.29, 1.82) is 0 Å². The van der Waals surface area contributed by atoms with Crippen LogP contribution in [-0.2, 0) is 12.8 Å². The highest BCUT2D eigenvalue weighted by Crippen LogP contribution is 2.39. The molecule has 0 amide bonds. The van der Waals surface area contributed by atoms with E-state index in [9.17, 15) is 0 Å². The van der Waals surface area contributed by atoms with Crippen molar-refractivity contribution in [2.45, 2.75) is 59.4 Å². The van der Waals surface area contributed by atoms with Gasteiger partial charge in [-0.1, -0.05) is 27.7 Å². The summed E-state index contributed by atoms with van der Waals surface area (Å²) in [5.74, 6) is 0.793. The molecule has 96 valence electrons. The Bertz CT molecular complexity index is 389. The van der Waals surface area contributed by atoms with Crippen LogP contribution in [0, 0.1) is 11.3 Å². The Morgan fingerprint density at radius 3 is 2.76 bits per heavy atom. The zero-order valence-electron chi connectivity index (χ0n) is 11.4. The first-order chi connectivity index (χ1) is 7.91. The Balaban J connectivity index is 2.18. The molecule has 2 N–H and O–H groups in total. The van der Waals surface area contributed by atoms with Gasteiger partial charge in [-0.3, -0.25) is 0 Å². The zero-order valence-corrected chi connectivity index (χ0v) is 12.2. The Hall–Kier alpha value is -0.410. The molecule has 2 atom stereocenters. The molecule has 0 aliphatic heterocycles. The van der Waals surface area contributed by atoms with Gasteiger partial charge in [0.05, 0.1) is 11.7 Å². The summed E-state index contributed by atoms with van der Waals surface area (Å²) in [6, 6.07) is 0.138.